The third-order valence-electron chi connectivity index (χ3n) is 4.45. The Kier molecular flexibility index (Phi) is 4.28. The lowest BCUT2D eigenvalue weighted by Crippen LogP contribution is -2.30. The van der Waals surface area contributed by atoms with E-state index >= 15 is 0 Å². The van der Waals surface area contributed by atoms with Crippen LogP contribution in [0.15, 0.2) is 18.3 Å². The van der Waals surface area contributed by atoms with Crippen LogP contribution in [0.3, 0.4) is 0 Å². The number of hydrogen-bond acceptors (Lipinski definition) is 6. The number of carbonyl (C=O) groups excluding carboxylic acids is 1. The number of carbonyl (C=O) groups is 1. The van der Waals surface area contributed by atoms with Crippen molar-refractivity contribution in [2.45, 2.75) is 40.3 Å². The smallest absolute Gasteiger partial charge is 0.314 e. The first-order chi connectivity index (χ1) is 12.5. The predicted molar refractivity (Wildman–Crippen MR) is 101 cm³/mol. The van der Waals surface area contributed by atoms with Crippen molar-refractivity contribution in [2.75, 3.05) is 5.32 Å². The minimum absolute atomic E-state index is 0.156. The Morgan fingerprint density at radius 3 is 2.96 bits per heavy atom. The number of hydrogen-bond donors (Lipinski definition) is 1. The highest BCUT2D eigenvalue weighted by atomic mass is 32.1. The summed E-state index contributed by atoms with van der Waals surface area (Å²) in [6.45, 7) is 7.27. The average molecular weight is 368 g/mol. The first kappa shape index (κ1) is 16.8. The maximum atomic E-state index is 12.8. The molecule has 0 atom stereocenters. The Morgan fingerprint density at radius 2 is 2.15 bits per heavy atom. The molecule has 0 unspecified atom stereocenters. The van der Waals surface area contributed by atoms with Gasteiger partial charge in [0, 0.05) is 18.2 Å². The summed E-state index contributed by atoms with van der Waals surface area (Å²) in [4.78, 5) is 23.6. The van der Waals surface area contributed by atoms with Gasteiger partial charge < -0.3 is 10.2 Å². The lowest BCUT2D eigenvalue weighted by molar-refractivity contribution is 0.212. The minimum Gasteiger partial charge on any atom is -0.314 e. The van der Waals surface area contributed by atoms with Gasteiger partial charge in [0.15, 0.2) is 0 Å². The fourth-order valence-electron chi connectivity index (χ4n) is 3.10. The fourth-order valence-corrected chi connectivity index (χ4v) is 3.64. The first-order valence-electron chi connectivity index (χ1n) is 8.62. The van der Waals surface area contributed by atoms with Gasteiger partial charge in [0.25, 0.3) is 0 Å². The van der Waals surface area contributed by atoms with E-state index in [9.17, 15) is 4.79 Å². The Bertz CT molecular complexity index is 983. The van der Waals surface area contributed by atoms with Gasteiger partial charge >= 0.3 is 6.03 Å². The maximum Gasteiger partial charge on any atom is 0.322 e. The number of urea groups is 1. The fraction of sp³-hybridized carbons (Fsp3) is 0.389. The van der Waals surface area contributed by atoms with E-state index in [2.05, 4.69) is 37.9 Å². The molecule has 7 nitrogen and oxygen atoms in total. The van der Waals surface area contributed by atoms with E-state index in [0.717, 1.165) is 57.5 Å². The van der Waals surface area contributed by atoms with E-state index in [1.165, 1.54) is 0 Å². The van der Waals surface area contributed by atoms with Gasteiger partial charge in [-0.15, -0.1) is 0 Å². The van der Waals surface area contributed by atoms with Gasteiger partial charge in [-0.05, 0) is 24.5 Å². The molecule has 134 valence electrons. The number of anilines is 1. The molecule has 0 bridgehead atoms. The Hall–Kier alpha value is -2.61. The van der Waals surface area contributed by atoms with Crippen molar-refractivity contribution in [3.05, 3.63) is 41.0 Å². The van der Waals surface area contributed by atoms with Crippen LogP contribution in [0.5, 0.6) is 0 Å². The number of rotatable bonds is 3. The van der Waals surface area contributed by atoms with Gasteiger partial charge in [0.2, 0.25) is 0 Å². The van der Waals surface area contributed by atoms with Crippen LogP contribution in [0.25, 0.3) is 11.0 Å². The van der Waals surface area contributed by atoms with Gasteiger partial charge in [0.1, 0.15) is 16.9 Å². The molecule has 0 saturated heterocycles. The molecule has 0 radical (unpaired) electrons. The Morgan fingerprint density at radius 1 is 1.31 bits per heavy atom. The van der Waals surface area contributed by atoms with E-state index in [1.54, 1.807) is 4.90 Å². The van der Waals surface area contributed by atoms with Crippen LogP contribution < -0.4 is 5.32 Å². The van der Waals surface area contributed by atoms with Crippen LogP contribution in [0.2, 0.25) is 0 Å². The second-order valence-electron chi connectivity index (χ2n) is 7.03. The maximum absolute atomic E-state index is 12.8. The van der Waals surface area contributed by atoms with Crippen molar-refractivity contribution in [1.29, 1.82) is 0 Å². The van der Waals surface area contributed by atoms with E-state index in [0.29, 0.717) is 19.0 Å². The highest BCUT2D eigenvalue weighted by molar-refractivity contribution is 7.00. The molecule has 1 N–H and O–H groups in total. The lowest BCUT2D eigenvalue weighted by Gasteiger charge is -2.17. The van der Waals surface area contributed by atoms with Crippen LogP contribution >= 0.6 is 11.7 Å². The minimum atomic E-state index is -0.156. The predicted octanol–water partition coefficient (Wildman–Crippen LogP) is 3.54. The summed E-state index contributed by atoms with van der Waals surface area (Å²) in [5.74, 6) is 1.35. The summed E-state index contributed by atoms with van der Waals surface area (Å²) < 4.78 is 8.55. The van der Waals surface area contributed by atoms with Crippen LogP contribution in [-0.2, 0) is 19.5 Å². The molecule has 1 aliphatic rings. The molecule has 0 fully saturated rings. The number of nitrogens with one attached hydrogen (secondary N) is 1. The molecule has 0 spiro atoms. The summed E-state index contributed by atoms with van der Waals surface area (Å²) in [6, 6.07) is 3.71. The molecule has 4 rings (SSSR count). The molecule has 3 heterocycles. The van der Waals surface area contributed by atoms with E-state index < -0.39 is 0 Å². The molecule has 3 aromatic rings. The summed E-state index contributed by atoms with van der Waals surface area (Å²) in [5.41, 5.74) is 5.18. The molecule has 0 aliphatic carbocycles. The van der Waals surface area contributed by atoms with Crippen LogP contribution in [0.1, 0.15) is 36.5 Å². The lowest BCUT2D eigenvalue weighted by atomic mass is 10.1. The topological polar surface area (TPSA) is 83.9 Å². The standard InChI is InChI=1S/C18H20N6OS/c1-10(2)6-15-19-7-12-8-24(9-14(12)20-15)18(25)21-16-11(3)4-5-13-17(16)23-26-22-13/h4-5,7,10H,6,8-9H2,1-3H3,(H,21,25). The summed E-state index contributed by atoms with van der Waals surface area (Å²) in [7, 11) is 0. The van der Waals surface area contributed by atoms with Crippen molar-refractivity contribution in [3.63, 3.8) is 0 Å². The summed E-state index contributed by atoms with van der Waals surface area (Å²) >= 11 is 1.15. The van der Waals surface area contributed by atoms with Gasteiger partial charge in [-0.2, -0.15) is 8.75 Å². The number of amides is 2. The van der Waals surface area contributed by atoms with Crippen molar-refractivity contribution < 1.29 is 4.79 Å². The van der Waals surface area contributed by atoms with Crippen molar-refractivity contribution >= 4 is 34.5 Å². The van der Waals surface area contributed by atoms with Crippen LogP contribution in [0, 0.1) is 12.8 Å². The van der Waals surface area contributed by atoms with E-state index in [1.807, 2.05) is 25.3 Å². The Balaban J connectivity index is 1.52. The molecule has 1 aliphatic heterocycles. The molecule has 2 aromatic heterocycles. The third kappa shape index (κ3) is 3.12. The SMILES string of the molecule is Cc1ccc2nsnc2c1NC(=O)N1Cc2cnc(CC(C)C)nc2C1. The largest absolute Gasteiger partial charge is 0.322 e. The third-order valence-corrected chi connectivity index (χ3v) is 4.99. The van der Waals surface area contributed by atoms with Gasteiger partial charge in [-0.3, -0.25) is 0 Å². The quantitative estimate of drug-likeness (QED) is 0.764. The highest BCUT2D eigenvalue weighted by Gasteiger charge is 2.26. The number of aryl methyl sites for hydroxylation is 1. The molecule has 8 heteroatoms. The van der Waals surface area contributed by atoms with Crippen molar-refractivity contribution in [2.24, 2.45) is 5.92 Å². The monoisotopic (exact) mass is 368 g/mol. The molecular weight excluding hydrogens is 348 g/mol. The van der Waals surface area contributed by atoms with Crippen LogP contribution in [-0.4, -0.2) is 29.6 Å². The highest BCUT2D eigenvalue weighted by Crippen LogP contribution is 2.27. The van der Waals surface area contributed by atoms with Crippen molar-refractivity contribution in [1.82, 2.24) is 23.6 Å². The first-order valence-corrected chi connectivity index (χ1v) is 9.35. The molecule has 0 saturated carbocycles. The summed E-state index contributed by atoms with van der Waals surface area (Å²) in [5, 5.41) is 3.01. The number of fused-ring (bicyclic) bond motifs is 2. The zero-order valence-electron chi connectivity index (χ0n) is 15.0. The number of nitrogens with zero attached hydrogens (tertiary/aromatic N) is 5. The molecule has 2 amide bonds. The second kappa shape index (κ2) is 6.60. The molecule has 26 heavy (non-hydrogen) atoms. The van der Waals surface area contributed by atoms with Gasteiger partial charge in [-0.1, -0.05) is 19.9 Å². The zero-order chi connectivity index (χ0) is 18.3. The van der Waals surface area contributed by atoms with Gasteiger partial charge in [0.05, 0.1) is 36.2 Å². The normalized spacial score (nSPS) is 13.5. The Labute approximate surface area is 155 Å². The second-order valence-corrected chi connectivity index (χ2v) is 7.56. The average Bonchev–Trinajstić information content (AvgIpc) is 3.23. The van der Waals surface area contributed by atoms with E-state index in [-0.39, 0.29) is 6.03 Å². The van der Waals surface area contributed by atoms with Gasteiger partial charge in [-0.25, -0.2) is 14.8 Å². The number of aromatic nitrogens is 4. The molecule has 1 aromatic carbocycles. The van der Waals surface area contributed by atoms with Crippen molar-refractivity contribution in [3.8, 4) is 0 Å². The summed E-state index contributed by atoms with van der Waals surface area (Å²) in [6.07, 6.45) is 2.70. The number of benzene rings is 1. The van der Waals surface area contributed by atoms with Crippen LogP contribution in [0.4, 0.5) is 10.5 Å². The van der Waals surface area contributed by atoms with E-state index in [4.69, 9.17) is 0 Å². The molecular formula is C18H20N6OS. The zero-order valence-corrected chi connectivity index (χ0v) is 15.8.